The zero-order chi connectivity index (χ0) is 17.2. The van der Waals surface area contributed by atoms with Crippen LogP contribution in [0.4, 0.5) is 0 Å². The molecule has 0 aromatic rings. The standard InChI is InChI=1S/C18H37N3OS.HI/c1-6-19-18(20-12-16(7-9-22)11-14(2)3)21-8-10-23-17(13-21)15(4)5;/h14-17,22H,6-13H2,1-5H3,(H,19,20);1H. The predicted molar refractivity (Wildman–Crippen MR) is 119 cm³/mol. The number of hydrogen-bond donors (Lipinski definition) is 2. The van der Waals surface area contributed by atoms with E-state index in [-0.39, 0.29) is 30.6 Å². The molecule has 0 saturated carbocycles. The second-order valence-electron chi connectivity index (χ2n) is 7.30. The van der Waals surface area contributed by atoms with E-state index in [1.807, 2.05) is 0 Å². The molecule has 0 amide bonds. The second kappa shape index (κ2) is 13.5. The minimum atomic E-state index is 0. The van der Waals surface area contributed by atoms with E-state index in [1.165, 1.54) is 5.75 Å². The second-order valence-corrected chi connectivity index (χ2v) is 8.65. The fourth-order valence-electron chi connectivity index (χ4n) is 3.05. The molecule has 1 fully saturated rings. The van der Waals surface area contributed by atoms with E-state index in [0.29, 0.717) is 23.0 Å². The van der Waals surface area contributed by atoms with Gasteiger partial charge in [0.05, 0.1) is 0 Å². The quantitative estimate of drug-likeness (QED) is 0.322. The molecule has 1 aliphatic heterocycles. The molecule has 0 radical (unpaired) electrons. The zero-order valence-electron chi connectivity index (χ0n) is 16.1. The first-order chi connectivity index (χ1) is 11.0. The van der Waals surface area contributed by atoms with Gasteiger partial charge in [0.1, 0.15) is 0 Å². The third kappa shape index (κ3) is 9.13. The summed E-state index contributed by atoms with van der Waals surface area (Å²) in [5.74, 6) is 4.08. The molecular formula is C18H38IN3OS. The van der Waals surface area contributed by atoms with Gasteiger partial charge in [-0.3, -0.25) is 4.99 Å². The highest BCUT2D eigenvalue weighted by atomic mass is 127. The molecule has 1 heterocycles. The summed E-state index contributed by atoms with van der Waals surface area (Å²) >= 11 is 2.09. The Hall–Kier alpha value is 0.310. The Bertz CT molecular complexity index is 353. The Morgan fingerprint density at radius 2 is 2.04 bits per heavy atom. The molecule has 0 spiro atoms. The lowest BCUT2D eigenvalue weighted by atomic mass is 9.94. The van der Waals surface area contributed by atoms with E-state index in [0.717, 1.165) is 45.0 Å². The molecule has 4 nitrogen and oxygen atoms in total. The zero-order valence-corrected chi connectivity index (χ0v) is 19.3. The summed E-state index contributed by atoms with van der Waals surface area (Å²) in [6.07, 6.45) is 1.99. The molecule has 1 rings (SSSR count). The largest absolute Gasteiger partial charge is 0.396 e. The number of halogens is 1. The van der Waals surface area contributed by atoms with Crippen molar-refractivity contribution in [1.29, 1.82) is 0 Å². The van der Waals surface area contributed by atoms with Crippen molar-refractivity contribution in [2.24, 2.45) is 22.7 Å². The van der Waals surface area contributed by atoms with Crippen LogP contribution in [0, 0.1) is 17.8 Å². The van der Waals surface area contributed by atoms with Crippen molar-refractivity contribution in [3.8, 4) is 0 Å². The van der Waals surface area contributed by atoms with Gasteiger partial charge >= 0.3 is 0 Å². The molecule has 2 N–H and O–H groups in total. The summed E-state index contributed by atoms with van der Waals surface area (Å²) in [5.41, 5.74) is 0. The Balaban J connectivity index is 0.00000529. The highest BCUT2D eigenvalue weighted by Crippen LogP contribution is 2.25. The molecule has 1 saturated heterocycles. The highest BCUT2D eigenvalue weighted by molar-refractivity contribution is 14.0. The maximum absolute atomic E-state index is 9.29. The van der Waals surface area contributed by atoms with Gasteiger partial charge in [0, 0.05) is 43.8 Å². The van der Waals surface area contributed by atoms with Gasteiger partial charge in [-0.1, -0.05) is 27.7 Å². The number of thioether (sulfide) groups is 1. The van der Waals surface area contributed by atoms with Gasteiger partial charge in [0.2, 0.25) is 0 Å². The molecule has 0 aromatic heterocycles. The fraction of sp³-hybridized carbons (Fsp3) is 0.944. The lowest BCUT2D eigenvalue weighted by molar-refractivity contribution is 0.245. The van der Waals surface area contributed by atoms with E-state index in [9.17, 15) is 5.11 Å². The summed E-state index contributed by atoms with van der Waals surface area (Å²) < 4.78 is 0. The summed E-state index contributed by atoms with van der Waals surface area (Å²) in [6.45, 7) is 15.4. The van der Waals surface area contributed by atoms with Crippen molar-refractivity contribution in [3.05, 3.63) is 0 Å². The normalized spacial score (nSPS) is 20.2. The van der Waals surface area contributed by atoms with Crippen molar-refractivity contribution in [2.75, 3.05) is 38.5 Å². The van der Waals surface area contributed by atoms with E-state index in [1.54, 1.807) is 0 Å². The molecule has 2 unspecified atom stereocenters. The molecule has 0 bridgehead atoms. The van der Waals surface area contributed by atoms with E-state index < -0.39 is 0 Å². The Labute approximate surface area is 170 Å². The van der Waals surface area contributed by atoms with E-state index >= 15 is 0 Å². The van der Waals surface area contributed by atoms with Crippen LogP contribution in [-0.4, -0.2) is 59.8 Å². The van der Waals surface area contributed by atoms with Crippen molar-refractivity contribution in [3.63, 3.8) is 0 Å². The Morgan fingerprint density at radius 1 is 1.33 bits per heavy atom. The Morgan fingerprint density at radius 3 is 2.58 bits per heavy atom. The van der Waals surface area contributed by atoms with Gasteiger partial charge in [-0.05, 0) is 37.5 Å². The molecule has 2 atom stereocenters. The van der Waals surface area contributed by atoms with Gasteiger partial charge in [-0.15, -0.1) is 24.0 Å². The average molecular weight is 471 g/mol. The van der Waals surface area contributed by atoms with Crippen molar-refractivity contribution in [1.82, 2.24) is 10.2 Å². The minimum absolute atomic E-state index is 0. The van der Waals surface area contributed by atoms with Crippen LogP contribution >= 0.6 is 35.7 Å². The number of nitrogens with zero attached hydrogens (tertiary/aromatic N) is 2. The minimum Gasteiger partial charge on any atom is -0.396 e. The molecule has 1 aliphatic rings. The molecule has 0 aromatic carbocycles. The van der Waals surface area contributed by atoms with Crippen LogP contribution in [0.2, 0.25) is 0 Å². The first kappa shape index (κ1) is 24.3. The summed E-state index contributed by atoms with van der Waals surface area (Å²) in [4.78, 5) is 7.34. The highest BCUT2D eigenvalue weighted by Gasteiger charge is 2.25. The molecule has 6 heteroatoms. The summed E-state index contributed by atoms with van der Waals surface area (Å²) in [5, 5.41) is 13.4. The number of rotatable bonds is 8. The van der Waals surface area contributed by atoms with Crippen LogP contribution < -0.4 is 5.32 Å². The summed E-state index contributed by atoms with van der Waals surface area (Å²) in [7, 11) is 0. The Kier molecular flexibility index (Phi) is 13.7. The van der Waals surface area contributed by atoms with Gasteiger partial charge < -0.3 is 15.3 Å². The molecule has 144 valence electrons. The topological polar surface area (TPSA) is 47.9 Å². The van der Waals surface area contributed by atoms with Crippen LogP contribution in [-0.2, 0) is 0 Å². The van der Waals surface area contributed by atoms with Gasteiger partial charge in [-0.2, -0.15) is 11.8 Å². The maximum atomic E-state index is 9.29. The average Bonchev–Trinajstić information content (AvgIpc) is 2.51. The van der Waals surface area contributed by atoms with Crippen molar-refractivity contribution < 1.29 is 5.11 Å². The molecule has 24 heavy (non-hydrogen) atoms. The van der Waals surface area contributed by atoms with Crippen LogP contribution in [0.5, 0.6) is 0 Å². The molecule has 0 aliphatic carbocycles. The third-order valence-corrected chi connectivity index (χ3v) is 5.85. The lowest BCUT2D eigenvalue weighted by Gasteiger charge is -2.36. The number of aliphatic imine (C=N–C) groups is 1. The number of nitrogens with one attached hydrogen (secondary N) is 1. The first-order valence-corrected chi connectivity index (χ1v) is 10.3. The van der Waals surface area contributed by atoms with Crippen LogP contribution in [0.3, 0.4) is 0 Å². The third-order valence-electron chi connectivity index (χ3n) is 4.31. The SMILES string of the molecule is CCNC(=NCC(CCO)CC(C)C)N1CCSC(C(C)C)C1.I. The first-order valence-electron chi connectivity index (χ1n) is 9.23. The maximum Gasteiger partial charge on any atom is 0.193 e. The van der Waals surface area contributed by atoms with Gasteiger partial charge in [0.25, 0.3) is 0 Å². The smallest absolute Gasteiger partial charge is 0.193 e. The van der Waals surface area contributed by atoms with Crippen LogP contribution in [0.15, 0.2) is 4.99 Å². The summed E-state index contributed by atoms with van der Waals surface area (Å²) in [6, 6.07) is 0. The van der Waals surface area contributed by atoms with E-state index in [2.05, 4.69) is 56.6 Å². The number of aliphatic hydroxyl groups is 1. The van der Waals surface area contributed by atoms with Crippen molar-refractivity contribution in [2.45, 2.75) is 52.7 Å². The number of hydrogen-bond acceptors (Lipinski definition) is 3. The van der Waals surface area contributed by atoms with Crippen molar-refractivity contribution >= 4 is 41.7 Å². The number of aliphatic hydroxyl groups excluding tert-OH is 1. The predicted octanol–water partition coefficient (Wildman–Crippen LogP) is 3.69. The van der Waals surface area contributed by atoms with Crippen LogP contribution in [0.1, 0.15) is 47.5 Å². The monoisotopic (exact) mass is 471 g/mol. The number of guanidine groups is 1. The molecular weight excluding hydrogens is 433 g/mol. The van der Waals surface area contributed by atoms with Gasteiger partial charge in [-0.25, -0.2) is 0 Å². The fourth-order valence-corrected chi connectivity index (χ4v) is 4.34. The van der Waals surface area contributed by atoms with Gasteiger partial charge in [0.15, 0.2) is 5.96 Å². The van der Waals surface area contributed by atoms with Crippen LogP contribution in [0.25, 0.3) is 0 Å². The van der Waals surface area contributed by atoms with E-state index in [4.69, 9.17) is 4.99 Å². The lowest BCUT2D eigenvalue weighted by Crippen LogP contribution is -2.49.